The first-order valence-electron chi connectivity index (χ1n) is 8.00. The summed E-state index contributed by atoms with van der Waals surface area (Å²) in [6.07, 6.45) is 6.60. The van der Waals surface area contributed by atoms with Gasteiger partial charge in [0.05, 0.1) is 20.4 Å². The number of hydrogen-bond donors (Lipinski definition) is 2. The summed E-state index contributed by atoms with van der Waals surface area (Å²) in [7, 11) is 3.09. The van der Waals surface area contributed by atoms with Gasteiger partial charge in [0.15, 0.2) is 0 Å². The second kappa shape index (κ2) is 8.90. The number of amides is 2. The van der Waals surface area contributed by atoms with Crippen molar-refractivity contribution in [2.75, 3.05) is 14.2 Å². The fourth-order valence-electron chi connectivity index (χ4n) is 2.65. The first kappa shape index (κ1) is 17.8. The molecule has 0 aromatic heterocycles. The van der Waals surface area contributed by atoms with Crippen LogP contribution in [0.5, 0.6) is 11.5 Å². The molecule has 7 nitrogen and oxygen atoms in total. The SMILES string of the molecule is COc1ccc(OC)c(C=NNC(=O)C(=O)NC2CCCCC2)c1. The molecule has 0 aliphatic heterocycles. The molecule has 0 spiro atoms. The van der Waals surface area contributed by atoms with Gasteiger partial charge in [-0.15, -0.1) is 0 Å². The largest absolute Gasteiger partial charge is 0.497 e. The van der Waals surface area contributed by atoms with E-state index in [0.717, 1.165) is 25.7 Å². The van der Waals surface area contributed by atoms with Crippen molar-refractivity contribution in [2.45, 2.75) is 38.1 Å². The van der Waals surface area contributed by atoms with Gasteiger partial charge in [0.1, 0.15) is 11.5 Å². The average Bonchev–Trinajstić information content (AvgIpc) is 2.62. The zero-order valence-corrected chi connectivity index (χ0v) is 14.0. The van der Waals surface area contributed by atoms with Crippen molar-refractivity contribution < 1.29 is 19.1 Å². The Morgan fingerprint density at radius 1 is 1.12 bits per heavy atom. The fourth-order valence-corrected chi connectivity index (χ4v) is 2.65. The quantitative estimate of drug-likeness (QED) is 0.487. The molecule has 7 heteroatoms. The highest BCUT2D eigenvalue weighted by molar-refractivity contribution is 6.35. The Bertz CT molecular complexity index is 610. The molecule has 1 aromatic carbocycles. The molecule has 0 saturated heterocycles. The molecule has 0 bridgehead atoms. The van der Waals surface area contributed by atoms with Crippen LogP contribution in [0.3, 0.4) is 0 Å². The van der Waals surface area contributed by atoms with Crippen LogP contribution in [0.2, 0.25) is 0 Å². The molecule has 0 unspecified atom stereocenters. The van der Waals surface area contributed by atoms with Crippen molar-refractivity contribution in [3.63, 3.8) is 0 Å². The number of benzene rings is 1. The summed E-state index contributed by atoms with van der Waals surface area (Å²) < 4.78 is 10.3. The smallest absolute Gasteiger partial charge is 0.329 e. The van der Waals surface area contributed by atoms with Gasteiger partial charge in [-0.05, 0) is 31.0 Å². The van der Waals surface area contributed by atoms with Crippen molar-refractivity contribution in [3.8, 4) is 11.5 Å². The molecule has 130 valence electrons. The van der Waals surface area contributed by atoms with E-state index in [0.29, 0.717) is 17.1 Å². The molecule has 2 N–H and O–H groups in total. The first-order chi connectivity index (χ1) is 11.6. The molecule has 24 heavy (non-hydrogen) atoms. The van der Waals surface area contributed by atoms with Crippen molar-refractivity contribution in [1.29, 1.82) is 0 Å². The highest BCUT2D eigenvalue weighted by Crippen LogP contribution is 2.22. The van der Waals surface area contributed by atoms with Crippen LogP contribution in [0, 0.1) is 0 Å². The number of nitrogens with zero attached hydrogens (tertiary/aromatic N) is 1. The molecule has 1 saturated carbocycles. The van der Waals surface area contributed by atoms with Crippen molar-refractivity contribution >= 4 is 18.0 Å². The molecule has 1 aromatic rings. The van der Waals surface area contributed by atoms with Gasteiger partial charge in [-0.2, -0.15) is 5.10 Å². The highest BCUT2D eigenvalue weighted by atomic mass is 16.5. The van der Waals surface area contributed by atoms with E-state index in [2.05, 4.69) is 15.8 Å². The summed E-state index contributed by atoms with van der Waals surface area (Å²) in [5.74, 6) is -0.214. The number of carbonyl (C=O) groups excluding carboxylic acids is 2. The van der Waals surface area contributed by atoms with Crippen LogP contribution >= 0.6 is 0 Å². The van der Waals surface area contributed by atoms with Gasteiger partial charge in [-0.25, -0.2) is 5.43 Å². The monoisotopic (exact) mass is 333 g/mol. The van der Waals surface area contributed by atoms with Crippen LogP contribution < -0.4 is 20.2 Å². The Hall–Kier alpha value is -2.57. The summed E-state index contributed by atoms with van der Waals surface area (Å²) in [4.78, 5) is 23.6. The number of rotatable bonds is 5. The van der Waals surface area contributed by atoms with Crippen LogP contribution in [0.15, 0.2) is 23.3 Å². The molecule has 1 fully saturated rings. The van der Waals surface area contributed by atoms with Gasteiger partial charge >= 0.3 is 11.8 Å². The number of ether oxygens (including phenoxy) is 2. The maximum atomic E-state index is 11.8. The lowest BCUT2D eigenvalue weighted by Gasteiger charge is -2.22. The number of carbonyl (C=O) groups is 2. The van der Waals surface area contributed by atoms with E-state index in [4.69, 9.17) is 9.47 Å². The predicted octanol–water partition coefficient (Wildman–Crippen LogP) is 1.60. The second-order valence-electron chi connectivity index (χ2n) is 5.62. The Balaban J connectivity index is 1.90. The normalized spacial score (nSPS) is 15.1. The van der Waals surface area contributed by atoms with E-state index < -0.39 is 11.8 Å². The molecule has 0 heterocycles. The van der Waals surface area contributed by atoms with E-state index >= 15 is 0 Å². The van der Waals surface area contributed by atoms with E-state index in [1.807, 2.05) is 0 Å². The minimum Gasteiger partial charge on any atom is -0.497 e. The fraction of sp³-hybridized carbons (Fsp3) is 0.471. The van der Waals surface area contributed by atoms with Gasteiger partial charge in [-0.3, -0.25) is 9.59 Å². The predicted molar refractivity (Wildman–Crippen MR) is 90.3 cm³/mol. The van der Waals surface area contributed by atoms with E-state index in [9.17, 15) is 9.59 Å². The maximum Gasteiger partial charge on any atom is 0.329 e. The number of hydrogen-bond acceptors (Lipinski definition) is 5. The molecular weight excluding hydrogens is 310 g/mol. The molecule has 2 rings (SSSR count). The highest BCUT2D eigenvalue weighted by Gasteiger charge is 2.19. The molecule has 0 atom stereocenters. The van der Waals surface area contributed by atoms with Gasteiger partial charge in [-0.1, -0.05) is 19.3 Å². The molecular formula is C17H23N3O4. The van der Waals surface area contributed by atoms with Crippen molar-refractivity contribution in [2.24, 2.45) is 5.10 Å². The molecule has 2 amide bonds. The zero-order chi connectivity index (χ0) is 17.4. The third kappa shape index (κ3) is 4.97. The number of hydrazone groups is 1. The number of methoxy groups -OCH3 is 2. The van der Waals surface area contributed by atoms with E-state index in [1.54, 1.807) is 25.3 Å². The summed E-state index contributed by atoms with van der Waals surface area (Å²) in [6.45, 7) is 0. The van der Waals surface area contributed by atoms with Gasteiger partial charge < -0.3 is 14.8 Å². The van der Waals surface area contributed by atoms with Crippen LogP contribution in [-0.4, -0.2) is 38.3 Å². The summed E-state index contributed by atoms with van der Waals surface area (Å²) in [5.41, 5.74) is 2.86. The van der Waals surface area contributed by atoms with Crippen LogP contribution in [0.1, 0.15) is 37.7 Å². The molecule has 0 radical (unpaired) electrons. The molecule has 1 aliphatic carbocycles. The van der Waals surface area contributed by atoms with Crippen LogP contribution in [0.25, 0.3) is 0 Å². The number of nitrogens with one attached hydrogen (secondary N) is 2. The third-order valence-corrected chi connectivity index (χ3v) is 3.95. The Kier molecular flexibility index (Phi) is 6.60. The second-order valence-corrected chi connectivity index (χ2v) is 5.62. The zero-order valence-electron chi connectivity index (χ0n) is 14.0. The van der Waals surface area contributed by atoms with E-state index in [-0.39, 0.29) is 6.04 Å². The lowest BCUT2D eigenvalue weighted by molar-refractivity contribution is -0.139. The minimum absolute atomic E-state index is 0.0828. The maximum absolute atomic E-state index is 11.8. The van der Waals surface area contributed by atoms with Crippen molar-refractivity contribution in [3.05, 3.63) is 23.8 Å². The van der Waals surface area contributed by atoms with Gasteiger partial charge in [0.2, 0.25) is 0 Å². The Labute approximate surface area is 141 Å². The van der Waals surface area contributed by atoms with E-state index in [1.165, 1.54) is 19.7 Å². The van der Waals surface area contributed by atoms with Crippen LogP contribution in [-0.2, 0) is 9.59 Å². The summed E-state index contributed by atoms with van der Waals surface area (Å²) >= 11 is 0. The standard InChI is InChI=1S/C17H23N3O4/c1-23-14-8-9-15(24-2)12(10-14)11-18-20-17(22)16(21)19-13-6-4-3-5-7-13/h8-11,13H,3-7H2,1-2H3,(H,19,21)(H,20,22). The lowest BCUT2D eigenvalue weighted by atomic mass is 9.95. The minimum atomic E-state index is -0.779. The Morgan fingerprint density at radius 3 is 2.54 bits per heavy atom. The summed E-state index contributed by atoms with van der Waals surface area (Å²) in [6, 6.07) is 5.29. The lowest BCUT2D eigenvalue weighted by Crippen LogP contribution is -2.44. The van der Waals surface area contributed by atoms with Gasteiger partial charge in [0.25, 0.3) is 0 Å². The average molecular weight is 333 g/mol. The summed E-state index contributed by atoms with van der Waals surface area (Å²) in [5, 5.41) is 6.56. The third-order valence-electron chi connectivity index (χ3n) is 3.95. The van der Waals surface area contributed by atoms with Crippen molar-refractivity contribution in [1.82, 2.24) is 10.7 Å². The molecule has 1 aliphatic rings. The Morgan fingerprint density at radius 2 is 1.88 bits per heavy atom. The topological polar surface area (TPSA) is 89.0 Å². The van der Waals surface area contributed by atoms with Gasteiger partial charge in [0, 0.05) is 11.6 Å². The first-order valence-corrected chi connectivity index (χ1v) is 8.00. The van der Waals surface area contributed by atoms with Crippen LogP contribution in [0.4, 0.5) is 0 Å².